The Balaban J connectivity index is 1.90. The number of nitrogens with one attached hydrogen (secondary N) is 1. The molecule has 0 unspecified atom stereocenters. The average Bonchev–Trinajstić information content (AvgIpc) is 3.24. The lowest BCUT2D eigenvalue weighted by molar-refractivity contribution is -0.154. The standard InChI is InChI=1S/C22H31N3O5/c1-17(26)23-13-6-4-5-8-21(27)24-14-7-15-25(24)22(28)12-9-18-16-19(29-2)10-11-20(18)30-3/h9-12,16H,4-8,13-15H2,1-3H3,(H,23,26). The molecule has 8 nitrogen and oxygen atoms in total. The summed E-state index contributed by atoms with van der Waals surface area (Å²) in [5, 5.41) is 5.79. The number of nitrogens with zero attached hydrogens (tertiary/aromatic N) is 2. The van der Waals surface area contributed by atoms with Crippen molar-refractivity contribution in [2.75, 3.05) is 33.9 Å². The number of carbonyl (C=O) groups excluding carboxylic acids is 3. The fraction of sp³-hybridized carbons (Fsp3) is 0.500. The molecule has 1 aliphatic rings. The number of rotatable bonds is 10. The number of hydrazine groups is 1. The summed E-state index contributed by atoms with van der Waals surface area (Å²) < 4.78 is 10.6. The van der Waals surface area contributed by atoms with Crippen molar-refractivity contribution in [3.63, 3.8) is 0 Å². The van der Waals surface area contributed by atoms with E-state index in [1.807, 2.05) is 0 Å². The number of ether oxygens (including phenoxy) is 2. The minimum atomic E-state index is -0.239. The highest BCUT2D eigenvalue weighted by atomic mass is 16.5. The lowest BCUT2D eigenvalue weighted by Crippen LogP contribution is -2.44. The van der Waals surface area contributed by atoms with Gasteiger partial charge < -0.3 is 14.8 Å². The number of hydrogen-bond donors (Lipinski definition) is 1. The van der Waals surface area contributed by atoms with E-state index < -0.39 is 0 Å². The van der Waals surface area contributed by atoms with E-state index in [1.54, 1.807) is 43.5 Å². The minimum Gasteiger partial charge on any atom is -0.497 e. The molecule has 30 heavy (non-hydrogen) atoms. The number of methoxy groups -OCH3 is 2. The van der Waals surface area contributed by atoms with Crippen LogP contribution < -0.4 is 14.8 Å². The molecular weight excluding hydrogens is 386 g/mol. The number of hydrogen-bond acceptors (Lipinski definition) is 5. The summed E-state index contributed by atoms with van der Waals surface area (Å²) in [7, 11) is 3.14. The van der Waals surface area contributed by atoms with Crippen LogP contribution in [0.4, 0.5) is 0 Å². The Morgan fingerprint density at radius 3 is 2.53 bits per heavy atom. The first-order chi connectivity index (χ1) is 14.5. The van der Waals surface area contributed by atoms with Crippen LogP contribution in [0.3, 0.4) is 0 Å². The van der Waals surface area contributed by atoms with Crippen molar-refractivity contribution in [3.05, 3.63) is 29.8 Å². The van der Waals surface area contributed by atoms with Crippen molar-refractivity contribution in [1.29, 1.82) is 0 Å². The molecule has 0 atom stereocenters. The Morgan fingerprint density at radius 2 is 1.83 bits per heavy atom. The monoisotopic (exact) mass is 417 g/mol. The van der Waals surface area contributed by atoms with Crippen LogP contribution in [0.2, 0.25) is 0 Å². The summed E-state index contributed by atoms with van der Waals surface area (Å²) in [5.74, 6) is 0.967. The molecule has 0 saturated carbocycles. The molecule has 164 valence electrons. The molecule has 3 amide bonds. The Labute approximate surface area is 177 Å². The number of unbranched alkanes of at least 4 members (excludes halogenated alkanes) is 2. The minimum absolute atomic E-state index is 0.0445. The Bertz CT molecular complexity index is 778. The Morgan fingerprint density at radius 1 is 1.07 bits per heavy atom. The van der Waals surface area contributed by atoms with E-state index >= 15 is 0 Å². The predicted molar refractivity (Wildman–Crippen MR) is 114 cm³/mol. The van der Waals surface area contributed by atoms with Crippen LogP contribution in [0.15, 0.2) is 24.3 Å². The molecule has 1 aliphatic heterocycles. The van der Waals surface area contributed by atoms with Crippen molar-refractivity contribution in [2.24, 2.45) is 0 Å². The molecule has 8 heteroatoms. The van der Waals surface area contributed by atoms with Crippen LogP contribution in [0.1, 0.15) is 44.6 Å². The number of benzene rings is 1. The van der Waals surface area contributed by atoms with Gasteiger partial charge in [-0.05, 0) is 43.5 Å². The highest BCUT2D eigenvalue weighted by Gasteiger charge is 2.28. The zero-order valence-electron chi connectivity index (χ0n) is 18.0. The molecule has 2 rings (SSSR count). The van der Waals surface area contributed by atoms with Crippen LogP contribution in [0.5, 0.6) is 11.5 Å². The van der Waals surface area contributed by atoms with Gasteiger partial charge in [-0.1, -0.05) is 6.42 Å². The molecule has 0 aromatic heterocycles. The molecule has 0 radical (unpaired) electrons. The summed E-state index contributed by atoms with van der Waals surface area (Å²) in [5.41, 5.74) is 0.724. The molecule has 1 N–H and O–H groups in total. The molecule has 0 bridgehead atoms. The predicted octanol–water partition coefficient (Wildman–Crippen LogP) is 2.39. The van der Waals surface area contributed by atoms with Crippen LogP contribution in [-0.4, -0.2) is 61.6 Å². The van der Waals surface area contributed by atoms with Crippen molar-refractivity contribution in [3.8, 4) is 11.5 Å². The van der Waals surface area contributed by atoms with Gasteiger partial charge in [-0.25, -0.2) is 5.01 Å². The molecular formula is C22H31N3O5. The van der Waals surface area contributed by atoms with Gasteiger partial charge in [-0.3, -0.25) is 19.4 Å². The van der Waals surface area contributed by atoms with Crippen molar-refractivity contribution in [1.82, 2.24) is 15.3 Å². The van der Waals surface area contributed by atoms with E-state index in [9.17, 15) is 14.4 Å². The molecule has 1 heterocycles. The second-order valence-corrected chi connectivity index (χ2v) is 7.07. The van der Waals surface area contributed by atoms with Gasteiger partial charge in [-0.2, -0.15) is 0 Å². The van der Waals surface area contributed by atoms with E-state index in [2.05, 4.69) is 5.32 Å². The number of amides is 3. The van der Waals surface area contributed by atoms with Gasteiger partial charge in [0.1, 0.15) is 11.5 Å². The third-order valence-electron chi connectivity index (χ3n) is 4.86. The maximum atomic E-state index is 12.7. The van der Waals surface area contributed by atoms with Crippen LogP contribution in [-0.2, 0) is 14.4 Å². The zero-order chi connectivity index (χ0) is 21.9. The van der Waals surface area contributed by atoms with E-state index in [4.69, 9.17) is 9.47 Å². The summed E-state index contributed by atoms with van der Waals surface area (Å²) in [6, 6.07) is 5.35. The normalized spacial score (nSPS) is 13.6. The first-order valence-corrected chi connectivity index (χ1v) is 10.2. The molecule has 0 spiro atoms. The lowest BCUT2D eigenvalue weighted by atomic mass is 10.1. The van der Waals surface area contributed by atoms with Gasteiger partial charge in [0.25, 0.3) is 5.91 Å². The summed E-state index contributed by atoms with van der Waals surface area (Å²) in [6.07, 6.45) is 6.69. The SMILES string of the molecule is COc1ccc(OC)c(C=CC(=O)N2CCCN2C(=O)CCCCCNC(C)=O)c1. The smallest absolute Gasteiger partial charge is 0.265 e. The maximum absolute atomic E-state index is 12.7. The summed E-state index contributed by atoms with van der Waals surface area (Å²) in [6.45, 7) is 3.18. The molecule has 1 aromatic rings. The molecule has 1 aromatic carbocycles. The number of carbonyl (C=O) groups is 3. The second-order valence-electron chi connectivity index (χ2n) is 7.07. The van der Waals surface area contributed by atoms with Gasteiger partial charge in [0, 0.05) is 44.6 Å². The third kappa shape index (κ3) is 6.79. The highest BCUT2D eigenvalue weighted by Crippen LogP contribution is 2.25. The van der Waals surface area contributed by atoms with Gasteiger partial charge in [0.2, 0.25) is 11.8 Å². The quantitative estimate of drug-likeness (QED) is 0.467. The highest BCUT2D eigenvalue weighted by molar-refractivity contribution is 5.93. The van der Waals surface area contributed by atoms with Crippen molar-refractivity contribution < 1.29 is 23.9 Å². The van der Waals surface area contributed by atoms with E-state index in [0.717, 1.165) is 31.2 Å². The molecule has 1 fully saturated rings. The maximum Gasteiger partial charge on any atom is 0.265 e. The van der Waals surface area contributed by atoms with Crippen LogP contribution in [0, 0.1) is 0 Å². The Kier molecular flexibility index (Phi) is 9.18. The Hall–Kier alpha value is -3.03. The van der Waals surface area contributed by atoms with Gasteiger partial charge in [0.15, 0.2) is 0 Å². The van der Waals surface area contributed by atoms with Crippen LogP contribution in [0.25, 0.3) is 6.08 Å². The van der Waals surface area contributed by atoms with Gasteiger partial charge in [0.05, 0.1) is 14.2 Å². The average molecular weight is 418 g/mol. The van der Waals surface area contributed by atoms with Gasteiger partial charge >= 0.3 is 0 Å². The molecule has 0 aliphatic carbocycles. The van der Waals surface area contributed by atoms with Crippen molar-refractivity contribution in [2.45, 2.75) is 39.0 Å². The first kappa shape index (κ1) is 23.3. The van der Waals surface area contributed by atoms with E-state index in [-0.39, 0.29) is 17.7 Å². The summed E-state index contributed by atoms with van der Waals surface area (Å²) in [4.78, 5) is 36.1. The zero-order valence-corrected chi connectivity index (χ0v) is 18.0. The van der Waals surface area contributed by atoms with Crippen molar-refractivity contribution >= 4 is 23.8 Å². The molecule has 1 saturated heterocycles. The van der Waals surface area contributed by atoms with Gasteiger partial charge in [-0.15, -0.1) is 0 Å². The van der Waals surface area contributed by atoms with Crippen LogP contribution >= 0.6 is 0 Å². The third-order valence-corrected chi connectivity index (χ3v) is 4.86. The topological polar surface area (TPSA) is 88.2 Å². The van der Waals surface area contributed by atoms with E-state index in [0.29, 0.717) is 37.6 Å². The largest absolute Gasteiger partial charge is 0.497 e. The second kappa shape index (κ2) is 11.8. The summed E-state index contributed by atoms with van der Waals surface area (Å²) >= 11 is 0. The lowest BCUT2D eigenvalue weighted by Gasteiger charge is -2.27. The fourth-order valence-electron chi connectivity index (χ4n) is 3.29. The van der Waals surface area contributed by atoms with E-state index in [1.165, 1.54) is 18.0 Å². The first-order valence-electron chi connectivity index (χ1n) is 10.2. The fourth-order valence-corrected chi connectivity index (χ4v) is 3.29.